The van der Waals surface area contributed by atoms with Crippen molar-refractivity contribution in [1.82, 2.24) is 24.9 Å². The summed E-state index contributed by atoms with van der Waals surface area (Å²) in [5.41, 5.74) is 2.91. The van der Waals surface area contributed by atoms with E-state index in [0.717, 1.165) is 48.0 Å². The zero-order chi connectivity index (χ0) is 19.7. The van der Waals surface area contributed by atoms with Crippen molar-refractivity contribution in [3.05, 3.63) is 36.7 Å². The van der Waals surface area contributed by atoms with Gasteiger partial charge in [0.2, 0.25) is 5.91 Å². The lowest BCUT2D eigenvalue weighted by molar-refractivity contribution is -0.117. The summed E-state index contributed by atoms with van der Waals surface area (Å²) in [6, 6.07) is 7.90. The predicted octanol–water partition coefficient (Wildman–Crippen LogP) is -1.01. The van der Waals surface area contributed by atoms with E-state index in [2.05, 4.69) is 61.3 Å². The molecule has 0 unspecified atom stereocenters. The number of carbonyl (C=O) groups is 1. The van der Waals surface area contributed by atoms with Gasteiger partial charge in [-0.2, -0.15) is 5.10 Å². The summed E-state index contributed by atoms with van der Waals surface area (Å²) in [4.78, 5) is 14.4. The third-order valence-electron chi connectivity index (χ3n) is 5.02. The quantitative estimate of drug-likeness (QED) is 0.582. The minimum absolute atomic E-state index is 0.0434. The maximum absolute atomic E-state index is 12.3. The lowest BCUT2D eigenvalue weighted by Crippen LogP contribution is -2.35. The van der Waals surface area contributed by atoms with Crippen molar-refractivity contribution in [2.75, 3.05) is 25.0 Å². The molecular formula is C18H23B3N6O. The van der Waals surface area contributed by atoms with E-state index < -0.39 is 0 Å². The Hall–Kier alpha value is -2.61. The Bertz CT molecular complexity index is 1010. The van der Waals surface area contributed by atoms with E-state index in [1.165, 1.54) is 0 Å². The summed E-state index contributed by atoms with van der Waals surface area (Å²) >= 11 is 0. The van der Waals surface area contributed by atoms with Crippen LogP contribution in [0.4, 0.5) is 5.82 Å². The van der Waals surface area contributed by atoms with Crippen LogP contribution in [0.25, 0.3) is 22.0 Å². The van der Waals surface area contributed by atoms with Gasteiger partial charge >= 0.3 is 0 Å². The van der Waals surface area contributed by atoms with E-state index in [-0.39, 0.29) is 11.1 Å². The molecule has 3 heterocycles. The minimum atomic E-state index is -0.0621. The topological polar surface area (TPSA) is 75.9 Å². The standard InChI is InChI=1S/C18H23B3N6O/c19-18(20,21)27-10-14(9-22-27)12-3-4-15-13(7-12)8-16(25-24-15)23-17(28)11-26-5-1-2-6-26/h3-4,7-10H,1-2,5-6,11,19-21H2,(H,23,25,28). The molecule has 28 heavy (non-hydrogen) atoms. The van der Waals surface area contributed by atoms with E-state index in [1.807, 2.05) is 29.1 Å². The van der Waals surface area contributed by atoms with Crippen LogP contribution in [0.15, 0.2) is 36.7 Å². The van der Waals surface area contributed by atoms with Gasteiger partial charge in [-0.05, 0) is 54.9 Å². The molecule has 2 aromatic heterocycles. The number of nitrogens with zero attached hydrogens (tertiary/aromatic N) is 5. The van der Waals surface area contributed by atoms with Gasteiger partial charge in [0.25, 0.3) is 0 Å². The molecule has 140 valence electrons. The second kappa shape index (κ2) is 7.43. The number of anilines is 1. The molecule has 0 aliphatic carbocycles. The molecule has 0 atom stereocenters. The molecule has 1 fully saturated rings. The third-order valence-corrected chi connectivity index (χ3v) is 5.02. The molecular weight excluding hydrogens is 349 g/mol. The SMILES string of the molecule is BC(B)(B)n1cc(-c2ccc3nnc(NC(=O)CN4CCCC4)cc3c2)cn1. The molecule has 7 nitrogen and oxygen atoms in total. The molecule has 1 N–H and O–H groups in total. The Labute approximate surface area is 167 Å². The lowest BCUT2D eigenvalue weighted by atomic mass is 9.49. The first-order valence-corrected chi connectivity index (χ1v) is 9.74. The van der Waals surface area contributed by atoms with E-state index in [0.29, 0.717) is 12.4 Å². The van der Waals surface area contributed by atoms with Crippen molar-refractivity contribution >= 4 is 46.2 Å². The Morgan fingerprint density at radius 1 is 1.11 bits per heavy atom. The highest BCUT2D eigenvalue weighted by atomic mass is 16.2. The van der Waals surface area contributed by atoms with Crippen LogP contribution in [0, 0.1) is 0 Å². The zero-order valence-electron chi connectivity index (χ0n) is 16.6. The fourth-order valence-electron chi connectivity index (χ4n) is 3.45. The van der Waals surface area contributed by atoms with Crippen LogP contribution in [0.5, 0.6) is 0 Å². The highest BCUT2D eigenvalue weighted by Crippen LogP contribution is 2.25. The van der Waals surface area contributed by atoms with Crippen LogP contribution in [-0.2, 0) is 10.0 Å². The highest BCUT2D eigenvalue weighted by Gasteiger charge is 2.17. The van der Waals surface area contributed by atoms with Crippen LogP contribution in [0.1, 0.15) is 12.8 Å². The second-order valence-corrected chi connectivity index (χ2v) is 8.38. The van der Waals surface area contributed by atoms with Crippen molar-refractivity contribution in [3.8, 4) is 11.1 Å². The number of hydrogen-bond acceptors (Lipinski definition) is 5. The number of rotatable bonds is 5. The van der Waals surface area contributed by atoms with Crippen molar-refractivity contribution in [2.24, 2.45) is 0 Å². The van der Waals surface area contributed by atoms with Crippen LogP contribution >= 0.6 is 0 Å². The molecule has 1 aliphatic rings. The van der Waals surface area contributed by atoms with Crippen LogP contribution in [0.3, 0.4) is 0 Å². The van der Waals surface area contributed by atoms with Gasteiger partial charge in [-0.3, -0.25) is 14.4 Å². The number of carbonyl (C=O) groups excluding carboxylic acids is 1. The third kappa shape index (κ3) is 4.12. The molecule has 1 saturated heterocycles. The van der Waals surface area contributed by atoms with Crippen molar-refractivity contribution in [1.29, 1.82) is 0 Å². The molecule has 0 radical (unpaired) electrons. The molecule has 0 saturated carbocycles. The predicted molar refractivity (Wildman–Crippen MR) is 119 cm³/mol. The summed E-state index contributed by atoms with van der Waals surface area (Å²) < 4.78 is 1.96. The van der Waals surface area contributed by atoms with Gasteiger partial charge in [-0.1, -0.05) is 6.07 Å². The fraction of sp³-hybridized carbons (Fsp3) is 0.333. The van der Waals surface area contributed by atoms with Gasteiger partial charge in [-0.25, -0.2) is 0 Å². The molecule has 0 bridgehead atoms. The smallest absolute Gasteiger partial charge is 0.239 e. The van der Waals surface area contributed by atoms with Crippen molar-refractivity contribution in [3.63, 3.8) is 0 Å². The lowest BCUT2D eigenvalue weighted by Gasteiger charge is -2.18. The van der Waals surface area contributed by atoms with Crippen LogP contribution < -0.4 is 5.32 Å². The monoisotopic (exact) mass is 372 g/mol. The van der Waals surface area contributed by atoms with Crippen molar-refractivity contribution in [2.45, 2.75) is 18.1 Å². The largest absolute Gasteiger partial charge is 0.308 e. The number of fused-ring (bicyclic) bond motifs is 1. The van der Waals surface area contributed by atoms with Crippen LogP contribution in [0.2, 0.25) is 0 Å². The van der Waals surface area contributed by atoms with E-state index in [4.69, 9.17) is 0 Å². The summed E-state index contributed by atoms with van der Waals surface area (Å²) in [5, 5.41) is 16.6. The van der Waals surface area contributed by atoms with E-state index in [1.54, 1.807) is 0 Å². The normalized spacial score (nSPS) is 15.1. The highest BCUT2D eigenvalue weighted by molar-refractivity contribution is 6.56. The van der Waals surface area contributed by atoms with Gasteiger partial charge < -0.3 is 5.32 Å². The van der Waals surface area contributed by atoms with Gasteiger partial charge in [0.05, 0.1) is 18.3 Å². The first-order valence-electron chi connectivity index (χ1n) is 9.74. The number of amides is 1. The van der Waals surface area contributed by atoms with Gasteiger partial charge in [0, 0.05) is 17.1 Å². The molecule has 3 aromatic rings. The Balaban J connectivity index is 1.55. The Morgan fingerprint density at radius 2 is 1.89 bits per heavy atom. The van der Waals surface area contributed by atoms with Gasteiger partial charge in [0.15, 0.2) is 5.82 Å². The minimum Gasteiger partial charge on any atom is -0.308 e. The number of benzene rings is 1. The number of nitrogens with one attached hydrogen (secondary N) is 1. The average Bonchev–Trinajstić information content (AvgIpc) is 3.32. The molecule has 4 rings (SSSR count). The summed E-state index contributed by atoms with van der Waals surface area (Å²) in [5.74, 6) is 0.442. The molecule has 1 amide bonds. The molecule has 0 spiro atoms. The molecule has 1 aromatic carbocycles. The molecule has 10 heteroatoms. The summed E-state index contributed by atoms with van der Waals surface area (Å²) in [6.07, 6.45) is 6.25. The Kier molecular flexibility index (Phi) is 4.97. The number of aromatic nitrogens is 4. The fourth-order valence-corrected chi connectivity index (χ4v) is 3.45. The number of hydrogen-bond donors (Lipinski definition) is 1. The first kappa shape index (κ1) is 18.7. The first-order chi connectivity index (χ1) is 13.4. The molecule has 1 aliphatic heterocycles. The van der Waals surface area contributed by atoms with Crippen LogP contribution in [-0.4, -0.2) is 74.0 Å². The summed E-state index contributed by atoms with van der Waals surface area (Å²) in [7, 11) is 6.37. The average molecular weight is 372 g/mol. The van der Waals surface area contributed by atoms with E-state index >= 15 is 0 Å². The maximum Gasteiger partial charge on any atom is 0.239 e. The maximum atomic E-state index is 12.3. The van der Waals surface area contributed by atoms with Crippen molar-refractivity contribution < 1.29 is 4.79 Å². The van der Waals surface area contributed by atoms with E-state index in [9.17, 15) is 4.79 Å². The summed E-state index contributed by atoms with van der Waals surface area (Å²) in [6.45, 7) is 2.39. The number of likely N-dealkylation sites (tertiary alicyclic amines) is 1. The Morgan fingerprint density at radius 3 is 2.61 bits per heavy atom. The van der Waals surface area contributed by atoms with Gasteiger partial charge in [0.1, 0.15) is 23.5 Å². The van der Waals surface area contributed by atoms with Gasteiger partial charge in [-0.15, -0.1) is 10.2 Å². The zero-order valence-corrected chi connectivity index (χ0v) is 16.6. The second-order valence-electron chi connectivity index (χ2n) is 8.38.